The highest BCUT2D eigenvalue weighted by Crippen LogP contribution is 2.31. The molecule has 0 aliphatic carbocycles. The van der Waals surface area contributed by atoms with E-state index in [-0.39, 0.29) is 35.8 Å². The van der Waals surface area contributed by atoms with Gasteiger partial charge in [-0.05, 0) is 48.9 Å². The number of carbonyl (C=O) groups excluding carboxylic acids is 1. The lowest BCUT2D eigenvalue weighted by atomic mass is 10.2. The van der Waals surface area contributed by atoms with Crippen LogP contribution in [0.15, 0.2) is 42.5 Å². The van der Waals surface area contributed by atoms with E-state index in [0.717, 1.165) is 34.8 Å². The summed E-state index contributed by atoms with van der Waals surface area (Å²) in [7, 11) is -3.68. The Bertz CT molecular complexity index is 981. The number of carbonyl (C=O) groups is 1. The van der Waals surface area contributed by atoms with Crippen LogP contribution in [0.25, 0.3) is 0 Å². The number of hydrogen-bond donors (Lipinski definition) is 1. The van der Waals surface area contributed by atoms with E-state index >= 15 is 0 Å². The lowest BCUT2D eigenvalue weighted by Gasteiger charge is -2.23. The summed E-state index contributed by atoms with van der Waals surface area (Å²) in [5, 5.41) is 2.96. The van der Waals surface area contributed by atoms with Gasteiger partial charge in [0.1, 0.15) is 0 Å². The molecule has 0 unspecified atom stereocenters. The highest BCUT2D eigenvalue weighted by molar-refractivity contribution is 7.92. The minimum absolute atomic E-state index is 0.0284. The van der Waals surface area contributed by atoms with E-state index in [1.165, 1.54) is 18.2 Å². The first-order valence-corrected chi connectivity index (χ1v) is 10.9. The first kappa shape index (κ1) is 23.3. The summed E-state index contributed by atoms with van der Waals surface area (Å²) in [4.78, 5) is 12.0. The van der Waals surface area contributed by atoms with Crippen molar-refractivity contribution in [3.05, 3.63) is 58.1 Å². The van der Waals surface area contributed by atoms with Crippen molar-refractivity contribution in [1.82, 2.24) is 0 Å². The van der Waals surface area contributed by atoms with E-state index in [4.69, 9.17) is 23.2 Å². The van der Waals surface area contributed by atoms with Crippen LogP contribution in [0.2, 0.25) is 10.0 Å². The molecule has 0 radical (unpaired) electrons. The Balaban J connectivity index is 1.99. The van der Waals surface area contributed by atoms with Gasteiger partial charge in [0.2, 0.25) is 15.9 Å². The van der Waals surface area contributed by atoms with Crippen LogP contribution in [-0.4, -0.2) is 27.1 Å². The molecule has 1 amide bonds. The second kappa shape index (κ2) is 9.23. The number of amides is 1. The van der Waals surface area contributed by atoms with E-state index in [2.05, 4.69) is 5.32 Å². The SMILES string of the molecule is CS(=O)(=O)N(CCCC(=O)Nc1ccc(C(F)(F)F)cc1)c1cc(Cl)ccc1Cl. The number of benzene rings is 2. The Morgan fingerprint density at radius 2 is 1.72 bits per heavy atom. The Labute approximate surface area is 176 Å². The monoisotopic (exact) mass is 468 g/mol. The average molecular weight is 469 g/mol. The van der Waals surface area contributed by atoms with Gasteiger partial charge in [0.25, 0.3) is 0 Å². The van der Waals surface area contributed by atoms with Gasteiger partial charge in [-0.2, -0.15) is 13.2 Å². The van der Waals surface area contributed by atoms with Gasteiger partial charge in [-0.3, -0.25) is 9.10 Å². The topological polar surface area (TPSA) is 66.5 Å². The molecule has 29 heavy (non-hydrogen) atoms. The number of nitrogens with one attached hydrogen (secondary N) is 1. The van der Waals surface area contributed by atoms with Crippen molar-refractivity contribution >= 4 is 50.5 Å². The summed E-state index contributed by atoms with van der Waals surface area (Å²) in [6.07, 6.45) is -3.35. The molecule has 2 aromatic rings. The molecule has 5 nitrogen and oxygen atoms in total. The van der Waals surface area contributed by atoms with Crippen molar-refractivity contribution in [1.29, 1.82) is 0 Å². The molecule has 0 aliphatic rings. The minimum atomic E-state index is -4.46. The minimum Gasteiger partial charge on any atom is -0.326 e. The summed E-state index contributed by atoms with van der Waals surface area (Å²) in [5.74, 6) is -0.463. The fourth-order valence-electron chi connectivity index (χ4n) is 2.49. The maximum Gasteiger partial charge on any atom is 0.416 e. The summed E-state index contributed by atoms with van der Waals surface area (Å²) < 4.78 is 62.9. The molecule has 0 saturated heterocycles. The molecule has 0 aromatic heterocycles. The Morgan fingerprint density at radius 3 is 2.28 bits per heavy atom. The lowest BCUT2D eigenvalue weighted by molar-refractivity contribution is -0.137. The van der Waals surface area contributed by atoms with E-state index in [9.17, 15) is 26.4 Å². The number of alkyl halides is 3. The van der Waals surface area contributed by atoms with Crippen LogP contribution in [0, 0.1) is 0 Å². The van der Waals surface area contributed by atoms with Gasteiger partial charge in [-0.15, -0.1) is 0 Å². The molecule has 2 rings (SSSR count). The second-order valence-corrected chi connectivity index (χ2v) is 8.91. The number of halogens is 5. The van der Waals surface area contributed by atoms with Crippen molar-refractivity contribution in [2.75, 3.05) is 22.4 Å². The second-order valence-electron chi connectivity index (χ2n) is 6.16. The number of rotatable bonds is 7. The van der Waals surface area contributed by atoms with Crippen molar-refractivity contribution in [2.45, 2.75) is 19.0 Å². The summed E-state index contributed by atoms with van der Waals surface area (Å²) in [6, 6.07) is 8.42. The van der Waals surface area contributed by atoms with Crippen LogP contribution in [0.5, 0.6) is 0 Å². The van der Waals surface area contributed by atoms with Gasteiger partial charge in [0.05, 0.1) is 22.5 Å². The molecule has 0 atom stereocenters. The summed E-state index contributed by atoms with van der Waals surface area (Å²) in [6.45, 7) is -0.0284. The molecule has 11 heteroatoms. The molecule has 2 aromatic carbocycles. The zero-order chi connectivity index (χ0) is 21.8. The fourth-order valence-corrected chi connectivity index (χ4v) is 3.90. The zero-order valence-electron chi connectivity index (χ0n) is 15.1. The van der Waals surface area contributed by atoms with E-state index in [0.29, 0.717) is 5.02 Å². The maximum absolute atomic E-state index is 12.6. The number of hydrogen-bond acceptors (Lipinski definition) is 3. The Kier molecular flexibility index (Phi) is 7.42. The van der Waals surface area contributed by atoms with Crippen molar-refractivity contribution < 1.29 is 26.4 Å². The predicted molar refractivity (Wildman–Crippen MR) is 108 cm³/mol. The van der Waals surface area contributed by atoms with E-state index in [1.807, 2.05) is 0 Å². The first-order chi connectivity index (χ1) is 13.4. The molecule has 0 saturated carbocycles. The quantitative estimate of drug-likeness (QED) is 0.607. The van der Waals surface area contributed by atoms with Crippen molar-refractivity contribution in [2.24, 2.45) is 0 Å². The normalized spacial score (nSPS) is 11.9. The van der Waals surface area contributed by atoms with Crippen LogP contribution < -0.4 is 9.62 Å². The van der Waals surface area contributed by atoms with Gasteiger partial charge < -0.3 is 5.32 Å². The van der Waals surface area contributed by atoms with Crippen LogP contribution in [0.4, 0.5) is 24.5 Å². The van der Waals surface area contributed by atoms with Gasteiger partial charge in [0.15, 0.2) is 0 Å². The smallest absolute Gasteiger partial charge is 0.326 e. The maximum atomic E-state index is 12.6. The fraction of sp³-hybridized carbons (Fsp3) is 0.278. The highest BCUT2D eigenvalue weighted by Gasteiger charge is 2.30. The molecular weight excluding hydrogens is 452 g/mol. The van der Waals surface area contributed by atoms with Gasteiger partial charge in [0, 0.05) is 23.7 Å². The Hall–Kier alpha value is -1.97. The average Bonchev–Trinajstić information content (AvgIpc) is 2.60. The lowest BCUT2D eigenvalue weighted by Crippen LogP contribution is -2.31. The number of sulfonamides is 1. The molecule has 0 spiro atoms. The number of anilines is 2. The number of nitrogens with zero attached hydrogens (tertiary/aromatic N) is 1. The Morgan fingerprint density at radius 1 is 1.10 bits per heavy atom. The molecule has 0 bridgehead atoms. The van der Waals surface area contributed by atoms with Gasteiger partial charge >= 0.3 is 6.18 Å². The van der Waals surface area contributed by atoms with Gasteiger partial charge in [-0.25, -0.2) is 8.42 Å². The third-order valence-corrected chi connectivity index (χ3v) is 5.57. The molecule has 0 heterocycles. The molecular formula is C18H17Cl2F3N2O3S. The predicted octanol–water partition coefficient (Wildman–Crippen LogP) is 5.20. The molecule has 158 valence electrons. The molecule has 0 fully saturated rings. The third-order valence-electron chi connectivity index (χ3n) is 3.84. The third kappa shape index (κ3) is 6.80. The van der Waals surface area contributed by atoms with Crippen LogP contribution in [-0.2, 0) is 21.0 Å². The highest BCUT2D eigenvalue weighted by atomic mass is 35.5. The van der Waals surface area contributed by atoms with E-state index < -0.39 is 27.7 Å². The summed E-state index contributed by atoms with van der Waals surface area (Å²) in [5.41, 5.74) is -0.414. The molecule has 0 aliphatic heterocycles. The standard InChI is InChI=1S/C18H17Cl2F3N2O3S/c1-29(27,28)25(16-11-13(19)6-9-15(16)20)10-2-3-17(26)24-14-7-4-12(5-8-14)18(21,22)23/h4-9,11H,2-3,10H2,1H3,(H,24,26). The van der Waals surface area contributed by atoms with Gasteiger partial charge in [-0.1, -0.05) is 23.2 Å². The van der Waals surface area contributed by atoms with Crippen molar-refractivity contribution in [3.63, 3.8) is 0 Å². The van der Waals surface area contributed by atoms with Crippen LogP contribution >= 0.6 is 23.2 Å². The summed E-state index contributed by atoms with van der Waals surface area (Å²) >= 11 is 12.0. The van der Waals surface area contributed by atoms with Crippen molar-refractivity contribution in [3.8, 4) is 0 Å². The van der Waals surface area contributed by atoms with E-state index in [1.54, 1.807) is 0 Å². The largest absolute Gasteiger partial charge is 0.416 e. The zero-order valence-corrected chi connectivity index (χ0v) is 17.5. The van der Waals surface area contributed by atoms with Crippen LogP contribution in [0.1, 0.15) is 18.4 Å². The van der Waals surface area contributed by atoms with Crippen LogP contribution in [0.3, 0.4) is 0 Å². The first-order valence-electron chi connectivity index (χ1n) is 8.28. The molecule has 1 N–H and O–H groups in total.